The molecule has 0 aromatic carbocycles. The molecule has 60 valence electrons. The van der Waals surface area contributed by atoms with Crippen LogP contribution in [0, 0.1) is 5.92 Å². The van der Waals surface area contributed by atoms with Crippen LogP contribution in [0.25, 0.3) is 0 Å². The maximum absolute atomic E-state index is 9.71. The first-order valence-corrected chi connectivity index (χ1v) is 3.18. The summed E-state index contributed by atoms with van der Waals surface area (Å²) in [5.41, 5.74) is 3.48. The molecular weight excluding hydrogens is 132 g/mol. The van der Waals surface area contributed by atoms with Crippen LogP contribution in [-0.2, 0) is 0 Å². The van der Waals surface area contributed by atoms with Gasteiger partial charge in [-0.1, -0.05) is 19.8 Å². The largest absolute Gasteiger partial charge is 0.343 e. The average molecular weight is 146 g/mol. The number of hydrazine groups is 2. The summed E-state index contributed by atoms with van der Waals surface area (Å²) in [6.45, 7) is 2.28. The Morgan fingerprint density at radius 2 is 1.70 bits per heavy atom. The Bertz CT molecular complexity index is 95.8. The molecule has 0 radical (unpaired) electrons. The Morgan fingerprint density at radius 1 is 1.40 bits per heavy atom. The summed E-state index contributed by atoms with van der Waals surface area (Å²) in [6, 6.07) is -0.602. The lowest BCUT2D eigenvalue weighted by atomic mass is 10.5. The van der Waals surface area contributed by atoms with E-state index in [4.69, 9.17) is 0 Å². The average Bonchev–Trinajstić information content (AvgIpc) is 2.71. The first kappa shape index (κ1) is 9.19. The van der Waals surface area contributed by atoms with Crippen molar-refractivity contribution in [3.63, 3.8) is 0 Å². The molecule has 1 aliphatic carbocycles. The Hall–Kier alpha value is -0.810. The summed E-state index contributed by atoms with van der Waals surface area (Å²) in [4.78, 5) is 9.71. The van der Waals surface area contributed by atoms with Crippen molar-refractivity contribution < 1.29 is 4.79 Å². The van der Waals surface area contributed by atoms with Crippen molar-refractivity contribution in [2.75, 3.05) is 0 Å². The maximum atomic E-state index is 9.71. The van der Waals surface area contributed by atoms with Crippen LogP contribution >= 0.6 is 0 Å². The molecule has 0 heterocycles. The van der Waals surface area contributed by atoms with Gasteiger partial charge in [0.1, 0.15) is 0 Å². The van der Waals surface area contributed by atoms with Gasteiger partial charge < -0.3 is 0 Å². The van der Waals surface area contributed by atoms with Gasteiger partial charge in [0.05, 0.1) is 0 Å². The molecule has 0 atom stereocenters. The van der Waals surface area contributed by atoms with Crippen LogP contribution in [0.1, 0.15) is 19.8 Å². The molecule has 0 aromatic rings. The minimum Gasteiger partial charge on any atom is -0.275 e. The molecule has 10 heavy (non-hydrogen) atoms. The Kier molecular flexibility index (Phi) is 4.61. The monoisotopic (exact) mass is 146 g/mol. The molecule has 0 unspecified atom stereocenters. The van der Waals surface area contributed by atoms with Gasteiger partial charge in [-0.15, -0.1) is 0 Å². The zero-order valence-corrected chi connectivity index (χ0v) is 6.05. The van der Waals surface area contributed by atoms with Crippen LogP contribution in [0.15, 0.2) is 0 Å². The van der Waals surface area contributed by atoms with E-state index in [-0.39, 0.29) is 0 Å². The normalized spacial score (nSPS) is 14.7. The minimum absolute atomic E-state index is 0.602. The van der Waals surface area contributed by atoms with Crippen molar-refractivity contribution in [1.29, 1.82) is 0 Å². The molecule has 0 saturated heterocycles. The molecule has 1 aliphatic rings. The lowest BCUT2D eigenvalue weighted by Crippen LogP contribution is -2.43. The number of carbonyl (C=O) groups excluding carboxylic acids is 1. The number of urea groups is 1. The molecule has 0 aliphatic heterocycles. The van der Waals surface area contributed by atoms with Gasteiger partial charge in [0.15, 0.2) is 0 Å². The number of nitrogens with two attached hydrogens (primary N) is 2. The second-order valence-electron chi connectivity index (χ2n) is 2.30. The third-order valence-electron chi connectivity index (χ3n) is 1.13. The fraction of sp³-hybridized carbons (Fsp3) is 0.800. The quantitative estimate of drug-likeness (QED) is 0.210. The van der Waals surface area contributed by atoms with Gasteiger partial charge in [-0.3, -0.25) is 10.9 Å². The van der Waals surface area contributed by atoms with E-state index < -0.39 is 6.03 Å². The fourth-order valence-corrected chi connectivity index (χ4v) is 0.208. The molecule has 1 fully saturated rings. The number of amides is 2. The second kappa shape index (κ2) is 5.01. The number of hydrogen-bond donors (Lipinski definition) is 4. The smallest absolute Gasteiger partial charge is 0.275 e. The van der Waals surface area contributed by atoms with E-state index in [1.807, 2.05) is 0 Å². The van der Waals surface area contributed by atoms with E-state index in [1.54, 1.807) is 10.9 Å². The molecular formula is C5H14N4O. The molecule has 6 N–H and O–H groups in total. The van der Waals surface area contributed by atoms with Gasteiger partial charge in [-0.05, 0) is 5.92 Å². The van der Waals surface area contributed by atoms with Gasteiger partial charge in [0.2, 0.25) is 0 Å². The zero-order valence-electron chi connectivity index (χ0n) is 6.05. The molecule has 0 bridgehead atoms. The Labute approximate surface area is 60.1 Å². The van der Waals surface area contributed by atoms with Crippen molar-refractivity contribution in [3.05, 3.63) is 0 Å². The van der Waals surface area contributed by atoms with Crippen LogP contribution < -0.4 is 22.5 Å². The molecule has 0 spiro atoms. The summed E-state index contributed by atoms with van der Waals surface area (Å²) in [6.07, 6.45) is 2.97. The maximum Gasteiger partial charge on any atom is 0.343 e. The SMILES string of the molecule is CC1CC1.NNC(=O)NN. The molecule has 0 aromatic heterocycles. The van der Waals surface area contributed by atoms with E-state index in [0.717, 1.165) is 5.92 Å². The van der Waals surface area contributed by atoms with Crippen LogP contribution in [0.3, 0.4) is 0 Å². The predicted molar refractivity (Wildman–Crippen MR) is 38.4 cm³/mol. The van der Waals surface area contributed by atoms with Crippen molar-refractivity contribution in [2.24, 2.45) is 17.6 Å². The Balaban J connectivity index is 0.000000172. The van der Waals surface area contributed by atoms with Gasteiger partial charge in [-0.2, -0.15) is 0 Å². The molecule has 5 heteroatoms. The Morgan fingerprint density at radius 3 is 1.70 bits per heavy atom. The molecule has 1 saturated carbocycles. The highest BCUT2D eigenvalue weighted by Gasteiger charge is 2.12. The van der Waals surface area contributed by atoms with E-state index in [2.05, 4.69) is 18.6 Å². The van der Waals surface area contributed by atoms with Gasteiger partial charge in [-0.25, -0.2) is 16.5 Å². The number of carbonyl (C=O) groups is 1. The van der Waals surface area contributed by atoms with Crippen LogP contribution in [-0.4, -0.2) is 6.03 Å². The zero-order chi connectivity index (χ0) is 7.98. The highest BCUT2D eigenvalue weighted by Crippen LogP contribution is 2.26. The standard InChI is InChI=1S/C4H8.CH6N4O/c1-4-2-3-4;2-4-1(6)5-3/h4H,2-3H2,1H3;2-3H2,(H2,4,5,6). The molecule has 5 nitrogen and oxygen atoms in total. The van der Waals surface area contributed by atoms with Crippen molar-refractivity contribution >= 4 is 6.03 Å². The summed E-state index contributed by atoms with van der Waals surface area (Å²) in [5.74, 6) is 10.2. The van der Waals surface area contributed by atoms with Crippen molar-refractivity contribution in [3.8, 4) is 0 Å². The first-order valence-electron chi connectivity index (χ1n) is 3.18. The third kappa shape index (κ3) is 7.19. The highest BCUT2D eigenvalue weighted by atomic mass is 16.2. The molecule has 1 rings (SSSR count). The number of rotatable bonds is 0. The van der Waals surface area contributed by atoms with Crippen LogP contribution in [0.5, 0.6) is 0 Å². The fourth-order valence-electron chi connectivity index (χ4n) is 0.208. The third-order valence-corrected chi connectivity index (χ3v) is 1.13. The second-order valence-corrected chi connectivity index (χ2v) is 2.30. The summed E-state index contributed by atoms with van der Waals surface area (Å²) in [7, 11) is 0. The van der Waals surface area contributed by atoms with Gasteiger partial charge >= 0.3 is 6.03 Å². The van der Waals surface area contributed by atoms with Gasteiger partial charge in [0, 0.05) is 0 Å². The van der Waals surface area contributed by atoms with Crippen molar-refractivity contribution in [2.45, 2.75) is 19.8 Å². The summed E-state index contributed by atoms with van der Waals surface area (Å²) >= 11 is 0. The van der Waals surface area contributed by atoms with Crippen molar-refractivity contribution in [1.82, 2.24) is 10.9 Å². The van der Waals surface area contributed by atoms with E-state index in [9.17, 15) is 4.79 Å². The number of hydrogen-bond acceptors (Lipinski definition) is 3. The topological polar surface area (TPSA) is 93.2 Å². The number of nitrogens with one attached hydrogen (secondary N) is 2. The van der Waals surface area contributed by atoms with Crippen LogP contribution in [0.4, 0.5) is 4.79 Å². The van der Waals surface area contributed by atoms with Gasteiger partial charge in [0.25, 0.3) is 0 Å². The van der Waals surface area contributed by atoms with E-state index in [1.165, 1.54) is 12.8 Å². The van der Waals surface area contributed by atoms with E-state index >= 15 is 0 Å². The lowest BCUT2D eigenvalue weighted by Gasteiger charge is -1.90. The van der Waals surface area contributed by atoms with E-state index in [0.29, 0.717) is 0 Å². The summed E-state index contributed by atoms with van der Waals surface area (Å²) < 4.78 is 0. The highest BCUT2D eigenvalue weighted by molar-refractivity contribution is 5.72. The predicted octanol–water partition coefficient (Wildman–Crippen LogP) is -0.551. The van der Waals surface area contributed by atoms with Crippen LogP contribution in [0.2, 0.25) is 0 Å². The first-order chi connectivity index (χ1) is 4.70. The molecule has 2 amide bonds. The summed E-state index contributed by atoms with van der Waals surface area (Å²) in [5, 5.41) is 0. The minimum atomic E-state index is -0.602. The lowest BCUT2D eigenvalue weighted by molar-refractivity contribution is 0.241.